The monoisotopic (exact) mass is 585 g/mol. The molecule has 1 saturated carbocycles. The second-order valence-electron chi connectivity index (χ2n) is 11.5. The number of amidine groups is 1. The number of halogens is 3. The van der Waals surface area contributed by atoms with Gasteiger partial charge >= 0.3 is 6.18 Å². The predicted molar refractivity (Wildman–Crippen MR) is 151 cm³/mol. The van der Waals surface area contributed by atoms with E-state index in [0.29, 0.717) is 18.6 Å². The van der Waals surface area contributed by atoms with Gasteiger partial charge in [-0.05, 0) is 100.0 Å². The number of rotatable bonds is 11. The largest absolute Gasteiger partial charge is 0.491 e. The molecule has 224 valence electrons. The number of carbonyl (C=O) groups excluding carboxylic acids is 1. The lowest BCUT2D eigenvalue weighted by Crippen LogP contribution is -2.47. The lowest BCUT2D eigenvalue weighted by Gasteiger charge is -2.34. The Labute approximate surface area is 239 Å². The van der Waals surface area contributed by atoms with Crippen molar-refractivity contribution in [2.45, 2.75) is 89.5 Å². The fraction of sp³-hybridized carbons (Fsp3) is 0.724. The quantitative estimate of drug-likeness (QED) is 0.325. The third-order valence-electron chi connectivity index (χ3n) is 8.57. The van der Waals surface area contributed by atoms with Gasteiger partial charge in [0.15, 0.2) is 0 Å². The van der Waals surface area contributed by atoms with Gasteiger partial charge in [0.05, 0.1) is 6.61 Å². The topological polar surface area (TPSA) is 94.4 Å². The Bertz CT molecular complexity index is 1030. The molecule has 0 bridgehead atoms. The molecule has 1 unspecified atom stereocenters. The van der Waals surface area contributed by atoms with Gasteiger partial charge in [-0.1, -0.05) is 11.9 Å². The van der Waals surface area contributed by atoms with Gasteiger partial charge < -0.3 is 20.3 Å². The zero-order valence-electron chi connectivity index (χ0n) is 23.4. The number of amides is 1. The van der Waals surface area contributed by atoms with Crippen LogP contribution < -0.4 is 10.1 Å². The molecule has 3 aliphatic rings. The second-order valence-corrected chi connectivity index (χ2v) is 12.7. The third-order valence-corrected chi connectivity index (χ3v) is 9.68. The van der Waals surface area contributed by atoms with Gasteiger partial charge in [-0.2, -0.15) is 13.2 Å². The lowest BCUT2D eigenvalue weighted by molar-refractivity contribution is -0.138. The van der Waals surface area contributed by atoms with E-state index < -0.39 is 24.2 Å². The van der Waals surface area contributed by atoms with Gasteiger partial charge in [-0.15, -0.1) is 0 Å². The molecule has 0 radical (unpaired) electrons. The van der Waals surface area contributed by atoms with E-state index in [1.165, 1.54) is 5.56 Å². The Hall–Kier alpha value is -1.82. The van der Waals surface area contributed by atoms with E-state index in [1.807, 2.05) is 12.1 Å². The van der Waals surface area contributed by atoms with Gasteiger partial charge in [-0.25, -0.2) is 0 Å². The molecule has 1 saturated heterocycles. The van der Waals surface area contributed by atoms with Crippen LogP contribution >= 0.6 is 11.9 Å². The third kappa shape index (κ3) is 8.14. The van der Waals surface area contributed by atoms with E-state index in [-0.39, 0.29) is 37.4 Å². The van der Waals surface area contributed by atoms with Crippen molar-refractivity contribution in [3.63, 3.8) is 0 Å². The highest BCUT2D eigenvalue weighted by Gasteiger charge is 2.47. The van der Waals surface area contributed by atoms with Crippen molar-refractivity contribution in [3.05, 3.63) is 28.8 Å². The smallest absolute Gasteiger partial charge is 0.389 e. The summed E-state index contributed by atoms with van der Waals surface area (Å²) in [4.78, 5) is 17.9. The van der Waals surface area contributed by atoms with E-state index in [1.54, 1.807) is 11.9 Å². The molecule has 1 atom stereocenters. The summed E-state index contributed by atoms with van der Waals surface area (Å²) in [6.07, 6.45) is -0.176. The number of nitrogens with one attached hydrogen (secondary N) is 1. The number of alkyl halides is 3. The fourth-order valence-electron chi connectivity index (χ4n) is 6.11. The number of piperidine rings is 1. The summed E-state index contributed by atoms with van der Waals surface area (Å²) in [6.45, 7) is 5.37. The van der Waals surface area contributed by atoms with Gasteiger partial charge in [0, 0.05) is 31.2 Å². The number of aliphatic hydroxyl groups is 2. The normalized spacial score (nSPS) is 24.2. The zero-order valence-corrected chi connectivity index (χ0v) is 24.3. The summed E-state index contributed by atoms with van der Waals surface area (Å²) in [6, 6.07) is 3.93. The minimum Gasteiger partial charge on any atom is -0.491 e. The molecule has 1 amide bonds. The van der Waals surface area contributed by atoms with Crippen LogP contribution in [-0.2, 0) is 11.2 Å². The summed E-state index contributed by atoms with van der Waals surface area (Å²) in [5.74, 6) is 2.58. The molecule has 1 aromatic carbocycles. The summed E-state index contributed by atoms with van der Waals surface area (Å²) < 4.78 is 45.6. The van der Waals surface area contributed by atoms with Gasteiger partial charge in [0.2, 0.25) is 0 Å². The Morgan fingerprint density at radius 2 is 1.82 bits per heavy atom. The molecular formula is C29H42F3N3O4S. The maximum absolute atomic E-state index is 13.0. The predicted octanol–water partition coefficient (Wildman–Crippen LogP) is 4.74. The molecular weight excluding hydrogens is 543 g/mol. The first-order valence-electron chi connectivity index (χ1n) is 14.4. The average Bonchev–Trinajstić information content (AvgIpc) is 3.23. The van der Waals surface area contributed by atoms with Crippen LogP contribution in [0.15, 0.2) is 17.1 Å². The van der Waals surface area contributed by atoms with E-state index in [0.717, 1.165) is 67.9 Å². The summed E-state index contributed by atoms with van der Waals surface area (Å²) >= 11 is 1.79. The number of aryl methyl sites for hydroxylation is 2. The molecule has 1 aromatic rings. The van der Waals surface area contributed by atoms with Crippen molar-refractivity contribution >= 4 is 23.7 Å². The number of carbonyl (C=O) groups is 1. The number of ether oxygens (including phenoxy) is 1. The first kappa shape index (κ1) is 31.1. The molecule has 2 heterocycles. The molecule has 2 aliphatic heterocycles. The molecule has 11 heteroatoms. The molecule has 7 nitrogen and oxygen atoms in total. The van der Waals surface area contributed by atoms with Crippen LogP contribution in [0.5, 0.6) is 5.75 Å². The summed E-state index contributed by atoms with van der Waals surface area (Å²) in [7, 11) is 0. The number of hydrogen-bond donors (Lipinski definition) is 3. The van der Waals surface area contributed by atoms with Crippen molar-refractivity contribution in [2.75, 3.05) is 32.1 Å². The van der Waals surface area contributed by atoms with Crippen molar-refractivity contribution < 1.29 is 32.9 Å². The number of hydrogen-bond acceptors (Lipinski definition) is 7. The first-order chi connectivity index (χ1) is 19.0. The number of aliphatic hydroxyl groups excluding tert-OH is 2. The number of aliphatic imine (C=N–C) groups is 1. The van der Waals surface area contributed by atoms with Crippen molar-refractivity contribution in [1.29, 1.82) is 0 Å². The average molecular weight is 586 g/mol. The summed E-state index contributed by atoms with van der Waals surface area (Å²) in [5.41, 5.74) is 2.83. The highest BCUT2D eigenvalue weighted by atomic mass is 32.2. The Morgan fingerprint density at radius 1 is 1.18 bits per heavy atom. The maximum atomic E-state index is 13.0. The number of benzene rings is 1. The molecule has 3 N–H and O–H groups in total. The van der Waals surface area contributed by atoms with Crippen molar-refractivity contribution in [3.8, 4) is 5.75 Å². The van der Waals surface area contributed by atoms with Gasteiger partial charge in [-0.3, -0.25) is 14.1 Å². The van der Waals surface area contributed by atoms with Crippen LogP contribution in [0.2, 0.25) is 0 Å². The standard InChI is InChI=1S/C29H42F3N3O4S/c1-19-15-24(39-18-23(37)17-36)16-20(2)25(19)8-14-40-35-12-10-28(11-13-35)27(38)33-26(34-28)22-5-3-21(4-6-22)7-9-29(30,31)32/h15-16,21-23,36-37H,3-14,17-18H2,1-2H3,(H,33,34,38). The Balaban J connectivity index is 1.22. The highest BCUT2D eigenvalue weighted by molar-refractivity contribution is 7.97. The highest BCUT2D eigenvalue weighted by Crippen LogP contribution is 2.38. The molecule has 2 fully saturated rings. The zero-order chi connectivity index (χ0) is 28.9. The fourth-order valence-corrected chi connectivity index (χ4v) is 7.10. The molecule has 1 aliphatic carbocycles. The maximum Gasteiger partial charge on any atom is 0.389 e. The Kier molecular flexibility index (Phi) is 10.5. The van der Waals surface area contributed by atoms with E-state index in [9.17, 15) is 23.1 Å². The minimum absolute atomic E-state index is 0.0218. The first-order valence-corrected chi connectivity index (χ1v) is 15.3. The number of nitrogens with zero attached hydrogens (tertiary/aromatic N) is 2. The summed E-state index contributed by atoms with van der Waals surface area (Å²) in [5, 5.41) is 21.5. The van der Waals surface area contributed by atoms with Crippen LogP contribution in [0.3, 0.4) is 0 Å². The van der Waals surface area contributed by atoms with E-state index in [2.05, 4.69) is 23.5 Å². The van der Waals surface area contributed by atoms with E-state index in [4.69, 9.17) is 14.8 Å². The molecule has 40 heavy (non-hydrogen) atoms. The molecule has 0 aromatic heterocycles. The van der Waals surface area contributed by atoms with Crippen LogP contribution in [-0.4, -0.2) is 76.1 Å². The van der Waals surface area contributed by atoms with Crippen molar-refractivity contribution in [1.82, 2.24) is 9.62 Å². The molecule has 1 spiro atoms. The van der Waals surface area contributed by atoms with Crippen LogP contribution in [0.25, 0.3) is 0 Å². The van der Waals surface area contributed by atoms with Crippen molar-refractivity contribution in [2.24, 2.45) is 16.8 Å². The SMILES string of the molecule is Cc1cc(OCC(O)CO)cc(C)c1CCSN1CCC2(CC1)N=C(C1CCC(CCC(F)(F)F)CC1)NC2=O. The molecule has 4 rings (SSSR count). The Morgan fingerprint density at radius 3 is 2.42 bits per heavy atom. The lowest BCUT2D eigenvalue weighted by atomic mass is 9.79. The van der Waals surface area contributed by atoms with Crippen LogP contribution in [0, 0.1) is 25.7 Å². The second kappa shape index (κ2) is 13.4. The van der Waals surface area contributed by atoms with Gasteiger partial charge in [0.1, 0.15) is 29.8 Å². The van der Waals surface area contributed by atoms with Crippen LogP contribution in [0.4, 0.5) is 13.2 Å². The van der Waals surface area contributed by atoms with Gasteiger partial charge in [0.25, 0.3) is 5.91 Å². The van der Waals surface area contributed by atoms with E-state index >= 15 is 0 Å². The minimum atomic E-state index is -4.09. The van der Waals surface area contributed by atoms with Crippen LogP contribution in [0.1, 0.15) is 68.1 Å².